The van der Waals surface area contributed by atoms with Gasteiger partial charge in [-0.25, -0.2) is 9.97 Å². The predicted octanol–water partition coefficient (Wildman–Crippen LogP) is 2.84. The number of anilines is 1. The smallest absolute Gasteiger partial charge is 0.223 e. The van der Waals surface area contributed by atoms with Crippen molar-refractivity contribution >= 4 is 5.95 Å². The Morgan fingerprint density at radius 3 is 2.73 bits per heavy atom. The second-order valence-corrected chi connectivity index (χ2v) is 5.03. The topological polar surface area (TPSA) is 68.5 Å². The third-order valence-corrected chi connectivity index (χ3v) is 3.42. The van der Waals surface area contributed by atoms with E-state index in [1.54, 1.807) is 17.1 Å². The van der Waals surface area contributed by atoms with Gasteiger partial charge < -0.3 is 5.32 Å². The number of pyridine rings is 1. The number of aromatic nitrogens is 5. The summed E-state index contributed by atoms with van der Waals surface area (Å²) in [5.74, 6) is 0.596. The first kappa shape index (κ1) is 14.2. The lowest BCUT2D eigenvalue weighted by Crippen LogP contribution is -2.11. The highest BCUT2D eigenvalue weighted by Crippen LogP contribution is 2.21. The Labute approximate surface area is 129 Å². The molecule has 0 fully saturated rings. The van der Waals surface area contributed by atoms with Crippen LogP contribution in [-0.2, 0) is 7.05 Å². The lowest BCUT2D eigenvalue weighted by atomic mass is 10.1. The van der Waals surface area contributed by atoms with Crippen LogP contribution in [0.4, 0.5) is 5.95 Å². The van der Waals surface area contributed by atoms with Crippen LogP contribution in [0.2, 0.25) is 0 Å². The highest BCUT2D eigenvalue weighted by atomic mass is 15.2. The van der Waals surface area contributed by atoms with Gasteiger partial charge in [0.15, 0.2) is 0 Å². The SMILES string of the molecule is CC[C@H](Nc1nccc(-c2ccccn2)n1)c1cnn(C)c1. The molecule has 3 heterocycles. The lowest BCUT2D eigenvalue weighted by molar-refractivity contribution is 0.732. The second kappa shape index (κ2) is 6.34. The molecule has 22 heavy (non-hydrogen) atoms. The largest absolute Gasteiger partial charge is 0.347 e. The van der Waals surface area contributed by atoms with Gasteiger partial charge in [-0.1, -0.05) is 13.0 Å². The molecular formula is C16H18N6. The number of hydrogen-bond acceptors (Lipinski definition) is 5. The van der Waals surface area contributed by atoms with E-state index in [4.69, 9.17) is 0 Å². The van der Waals surface area contributed by atoms with Gasteiger partial charge in [-0.2, -0.15) is 5.10 Å². The Kier molecular flexibility index (Phi) is 4.09. The molecule has 0 spiro atoms. The van der Waals surface area contributed by atoms with E-state index < -0.39 is 0 Å². The first-order valence-corrected chi connectivity index (χ1v) is 7.26. The fourth-order valence-electron chi connectivity index (χ4n) is 2.28. The van der Waals surface area contributed by atoms with Crippen LogP contribution in [0.5, 0.6) is 0 Å². The molecule has 1 N–H and O–H groups in total. The minimum atomic E-state index is 0.132. The van der Waals surface area contributed by atoms with Crippen molar-refractivity contribution in [2.45, 2.75) is 19.4 Å². The van der Waals surface area contributed by atoms with Crippen LogP contribution in [0, 0.1) is 0 Å². The molecule has 3 rings (SSSR count). The minimum Gasteiger partial charge on any atom is -0.347 e. The van der Waals surface area contributed by atoms with Gasteiger partial charge in [0.1, 0.15) is 0 Å². The lowest BCUT2D eigenvalue weighted by Gasteiger charge is -2.15. The standard InChI is InChI=1S/C16H18N6/c1-3-13(12-10-19-22(2)11-12)20-16-18-9-7-15(21-16)14-6-4-5-8-17-14/h4-11,13H,3H2,1-2H3,(H,18,20,21)/t13-/m0/s1. The van der Waals surface area contributed by atoms with Crippen LogP contribution in [0.3, 0.4) is 0 Å². The summed E-state index contributed by atoms with van der Waals surface area (Å²) in [7, 11) is 1.91. The maximum absolute atomic E-state index is 4.55. The van der Waals surface area contributed by atoms with Crippen LogP contribution < -0.4 is 5.32 Å². The van der Waals surface area contributed by atoms with Crippen molar-refractivity contribution in [1.29, 1.82) is 0 Å². The van der Waals surface area contributed by atoms with Crippen molar-refractivity contribution in [3.63, 3.8) is 0 Å². The number of rotatable bonds is 5. The summed E-state index contributed by atoms with van der Waals surface area (Å²) < 4.78 is 1.80. The number of hydrogen-bond donors (Lipinski definition) is 1. The van der Waals surface area contributed by atoms with Gasteiger partial charge in [0.2, 0.25) is 5.95 Å². The molecule has 6 heteroatoms. The highest BCUT2D eigenvalue weighted by Gasteiger charge is 2.13. The summed E-state index contributed by atoms with van der Waals surface area (Å²) in [4.78, 5) is 13.2. The molecule has 0 saturated heterocycles. The van der Waals surface area contributed by atoms with Crippen molar-refractivity contribution in [2.75, 3.05) is 5.32 Å². The van der Waals surface area contributed by atoms with Crippen LogP contribution in [0.1, 0.15) is 24.9 Å². The molecule has 3 aromatic rings. The number of aryl methyl sites for hydroxylation is 1. The fraction of sp³-hybridized carbons (Fsp3) is 0.250. The van der Waals surface area contributed by atoms with E-state index in [9.17, 15) is 0 Å². The average molecular weight is 294 g/mol. The Morgan fingerprint density at radius 1 is 1.14 bits per heavy atom. The molecular weight excluding hydrogens is 276 g/mol. The molecule has 0 amide bonds. The first-order chi connectivity index (χ1) is 10.8. The molecule has 0 unspecified atom stereocenters. The number of nitrogens with zero attached hydrogens (tertiary/aromatic N) is 5. The van der Waals surface area contributed by atoms with Crippen LogP contribution in [0.15, 0.2) is 49.1 Å². The van der Waals surface area contributed by atoms with Gasteiger partial charge in [-0.15, -0.1) is 0 Å². The zero-order valence-electron chi connectivity index (χ0n) is 12.6. The summed E-state index contributed by atoms with van der Waals surface area (Å²) in [6, 6.07) is 7.76. The third kappa shape index (κ3) is 3.11. The van der Waals surface area contributed by atoms with Crippen molar-refractivity contribution in [3.05, 3.63) is 54.6 Å². The Hall–Kier alpha value is -2.76. The summed E-state index contributed by atoms with van der Waals surface area (Å²) >= 11 is 0. The minimum absolute atomic E-state index is 0.132. The molecule has 0 aliphatic carbocycles. The zero-order chi connectivity index (χ0) is 15.4. The molecule has 0 aromatic carbocycles. The summed E-state index contributed by atoms with van der Waals surface area (Å²) in [6.45, 7) is 2.12. The molecule has 0 aliphatic rings. The van der Waals surface area contributed by atoms with Gasteiger partial charge in [-0.05, 0) is 24.6 Å². The summed E-state index contributed by atoms with van der Waals surface area (Å²) in [5.41, 5.74) is 2.76. The first-order valence-electron chi connectivity index (χ1n) is 7.26. The Bertz CT molecular complexity index is 737. The molecule has 1 atom stereocenters. The van der Waals surface area contributed by atoms with Crippen molar-refractivity contribution < 1.29 is 0 Å². The molecule has 6 nitrogen and oxygen atoms in total. The third-order valence-electron chi connectivity index (χ3n) is 3.42. The van der Waals surface area contributed by atoms with Gasteiger partial charge in [0.05, 0.1) is 23.6 Å². The Morgan fingerprint density at radius 2 is 2.05 bits per heavy atom. The monoisotopic (exact) mass is 294 g/mol. The van der Waals surface area contributed by atoms with Gasteiger partial charge in [-0.3, -0.25) is 9.67 Å². The predicted molar refractivity (Wildman–Crippen MR) is 85.1 cm³/mol. The van der Waals surface area contributed by atoms with Crippen LogP contribution in [0.25, 0.3) is 11.4 Å². The van der Waals surface area contributed by atoms with E-state index in [0.29, 0.717) is 5.95 Å². The van der Waals surface area contributed by atoms with Crippen molar-refractivity contribution in [3.8, 4) is 11.4 Å². The highest BCUT2D eigenvalue weighted by molar-refractivity contribution is 5.54. The fourth-order valence-corrected chi connectivity index (χ4v) is 2.28. The maximum atomic E-state index is 4.55. The number of nitrogens with one attached hydrogen (secondary N) is 1. The van der Waals surface area contributed by atoms with Crippen LogP contribution >= 0.6 is 0 Å². The van der Waals surface area contributed by atoms with Crippen LogP contribution in [-0.4, -0.2) is 24.7 Å². The Balaban J connectivity index is 1.83. The van der Waals surface area contributed by atoms with E-state index >= 15 is 0 Å². The molecule has 3 aromatic heterocycles. The second-order valence-electron chi connectivity index (χ2n) is 5.03. The average Bonchev–Trinajstić information content (AvgIpc) is 3.00. The van der Waals surface area contributed by atoms with E-state index in [-0.39, 0.29) is 6.04 Å². The normalized spacial score (nSPS) is 12.1. The van der Waals surface area contributed by atoms with E-state index in [1.165, 1.54) is 0 Å². The van der Waals surface area contributed by atoms with E-state index in [1.807, 2.05) is 43.7 Å². The molecule has 0 aliphatic heterocycles. The maximum Gasteiger partial charge on any atom is 0.223 e. The van der Waals surface area contributed by atoms with Crippen molar-refractivity contribution in [1.82, 2.24) is 24.7 Å². The van der Waals surface area contributed by atoms with E-state index in [0.717, 1.165) is 23.4 Å². The molecule has 0 bridgehead atoms. The molecule has 0 radical (unpaired) electrons. The van der Waals surface area contributed by atoms with Gasteiger partial charge in [0, 0.05) is 31.2 Å². The summed E-state index contributed by atoms with van der Waals surface area (Å²) in [5, 5.41) is 7.58. The summed E-state index contributed by atoms with van der Waals surface area (Å²) in [6.07, 6.45) is 8.29. The van der Waals surface area contributed by atoms with Gasteiger partial charge in [0.25, 0.3) is 0 Å². The van der Waals surface area contributed by atoms with Gasteiger partial charge >= 0.3 is 0 Å². The van der Waals surface area contributed by atoms with Crippen molar-refractivity contribution in [2.24, 2.45) is 7.05 Å². The quantitative estimate of drug-likeness (QED) is 0.783. The molecule has 112 valence electrons. The van der Waals surface area contributed by atoms with E-state index in [2.05, 4.69) is 32.3 Å². The zero-order valence-corrected chi connectivity index (χ0v) is 12.6. The molecule has 0 saturated carbocycles.